The van der Waals surface area contributed by atoms with Gasteiger partial charge in [0.05, 0.1) is 17.9 Å². The van der Waals surface area contributed by atoms with E-state index in [0.29, 0.717) is 34.0 Å². The maximum atomic E-state index is 12.8. The third-order valence-corrected chi connectivity index (χ3v) is 7.82. The van der Waals surface area contributed by atoms with Gasteiger partial charge in [0.25, 0.3) is 0 Å². The van der Waals surface area contributed by atoms with Gasteiger partial charge in [0.2, 0.25) is 5.91 Å². The lowest BCUT2D eigenvalue weighted by molar-refractivity contribution is -0.113. The summed E-state index contributed by atoms with van der Waals surface area (Å²) in [6, 6.07) is 8.03. The van der Waals surface area contributed by atoms with Crippen molar-refractivity contribution in [2.24, 2.45) is 0 Å². The van der Waals surface area contributed by atoms with Gasteiger partial charge >= 0.3 is 5.97 Å². The third-order valence-electron chi connectivity index (χ3n) is 5.73. The van der Waals surface area contributed by atoms with E-state index in [4.69, 9.17) is 9.47 Å². The van der Waals surface area contributed by atoms with Crippen LogP contribution in [-0.2, 0) is 16.1 Å². The molecule has 0 bridgehead atoms. The molecule has 10 heteroatoms. The number of thiophene rings is 1. The van der Waals surface area contributed by atoms with Gasteiger partial charge in [-0.05, 0) is 56.9 Å². The number of nitrogens with one attached hydrogen (secondary N) is 1. The van der Waals surface area contributed by atoms with Crippen molar-refractivity contribution in [3.05, 3.63) is 64.3 Å². The SMILES string of the molecule is C=CCn1c(SCC(=O)Nc2sc(C)c(C)c2C(=O)OCC)nnc1C(C)Oc1ccc(C(C)C)cc1. The van der Waals surface area contributed by atoms with Gasteiger partial charge in [-0.2, -0.15) is 0 Å². The minimum Gasteiger partial charge on any atom is -0.483 e. The smallest absolute Gasteiger partial charge is 0.341 e. The van der Waals surface area contributed by atoms with Crippen LogP contribution in [0.3, 0.4) is 0 Å². The summed E-state index contributed by atoms with van der Waals surface area (Å²) in [7, 11) is 0. The highest BCUT2D eigenvalue weighted by Gasteiger charge is 2.23. The van der Waals surface area contributed by atoms with E-state index in [0.717, 1.165) is 16.2 Å². The summed E-state index contributed by atoms with van der Waals surface area (Å²) in [5.74, 6) is 1.25. The van der Waals surface area contributed by atoms with Crippen LogP contribution in [0.1, 0.15) is 71.9 Å². The van der Waals surface area contributed by atoms with Crippen LogP contribution in [0.25, 0.3) is 0 Å². The van der Waals surface area contributed by atoms with Crippen LogP contribution in [0.2, 0.25) is 0 Å². The molecule has 8 nitrogen and oxygen atoms in total. The van der Waals surface area contributed by atoms with E-state index < -0.39 is 5.97 Å². The molecule has 0 aliphatic rings. The number of nitrogens with zero attached hydrogens (tertiary/aromatic N) is 3. The highest BCUT2D eigenvalue weighted by atomic mass is 32.2. The number of benzene rings is 1. The molecule has 0 saturated carbocycles. The molecule has 1 N–H and O–H groups in total. The second kappa shape index (κ2) is 12.9. The minimum absolute atomic E-state index is 0.0967. The first-order chi connectivity index (χ1) is 17.7. The molecule has 0 spiro atoms. The zero-order chi connectivity index (χ0) is 27.1. The standard InChI is InChI=1S/C27H34N4O4S2/c1-8-14-31-24(18(6)35-21-12-10-20(11-13-21)16(3)4)29-30-27(31)36-15-22(32)28-25-23(26(33)34-9-2)17(5)19(7)37-25/h8,10-13,16,18H,1,9,14-15H2,2-7H3,(H,28,32). The van der Waals surface area contributed by atoms with E-state index in [2.05, 4.69) is 48.1 Å². The summed E-state index contributed by atoms with van der Waals surface area (Å²) in [6.45, 7) is 16.3. The fourth-order valence-electron chi connectivity index (χ4n) is 3.65. The molecule has 0 aliphatic heterocycles. The van der Waals surface area contributed by atoms with E-state index in [1.54, 1.807) is 13.0 Å². The van der Waals surface area contributed by atoms with E-state index >= 15 is 0 Å². The fraction of sp³-hybridized carbons (Fsp3) is 0.407. The first-order valence-electron chi connectivity index (χ1n) is 12.2. The number of allylic oxidation sites excluding steroid dienone is 1. The van der Waals surface area contributed by atoms with E-state index in [9.17, 15) is 9.59 Å². The zero-order valence-corrected chi connectivity index (χ0v) is 23.8. The second-order valence-corrected chi connectivity index (χ2v) is 10.9. The van der Waals surface area contributed by atoms with Crippen molar-refractivity contribution in [3.8, 4) is 5.75 Å². The molecule has 37 heavy (non-hydrogen) atoms. The van der Waals surface area contributed by atoms with Crippen LogP contribution < -0.4 is 10.1 Å². The molecule has 1 atom stereocenters. The summed E-state index contributed by atoms with van der Waals surface area (Å²) >= 11 is 2.62. The number of amides is 1. The van der Waals surface area contributed by atoms with Gasteiger partial charge < -0.3 is 14.8 Å². The average molecular weight is 543 g/mol. The highest BCUT2D eigenvalue weighted by Crippen LogP contribution is 2.33. The zero-order valence-electron chi connectivity index (χ0n) is 22.2. The number of aromatic nitrogens is 3. The summed E-state index contributed by atoms with van der Waals surface area (Å²) in [5, 5.41) is 12.6. The number of thioether (sulfide) groups is 1. The number of rotatable bonds is 12. The monoisotopic (exact) mass is 542 g/mol. The minimum atomic E-state index is -0.435. The Morgan fingerprint density at radius 2 is 1.89 bits per heavy atom. The van der Waals surface area contributed by atoms with Crippen molar-refractivity contribution in [3.63, 3.8) is 0 Å². The topological polar surface area (TPSA) is 95.3 Å². The largest absolute Gasteiger partial charge is 0.483 e. The first-order valence-corrected chi connectivity index (χ1v) is 14.0. The van der Waals surface area contributed by atoms with Gasteiger partial charge in [0, 0.05) is 11.4 Å². The summed E-state index contributed by atoms with van der Waals surface area (Å²) in [5.41, 5.74) is 2.47. The van der Waals surface area contributed by atoms with Crippen molar-refractivity contribution in [1.82, 2.24) is 14.8 Å². The summed E-state index contributed by atoms with van der Waals surface area (Å²) in [4.78, 5) is 26.1. The molecule has 1 aromatic carbocycles. The molecule has 0 saturated heterocycles. The van der Waals surface area contributed by atoms with Gasteiger partial charge in [0.15, 0.2) is 17.1 Å². The Labute approximate surface area is 226 Å². The Hall–Kier alpha value is -3.11. The predicted molar refractivity (Wildman–Crippen MR) is 149 cm³/mol. The lowest BCUT2D eigenvalue weighted by Gasteiger charge is -2.16. The number of hydrogen-bond acceptors (Lipinski definition) is 8. The first kappa shape index (κ1) is 28.5. The Balaban J connectivity index is 1.69. The molecule has 1 amide bonds. The van der Waals surface area contributed by atoms with Crippen LogP contribution in [-0.4, -0.2) is 39.0 Å². The molecular formula is C27H34N4O4S2. The molecule has 0 fully saturated rings. The molecule has 3 aromatic rings. The predicted octanol–water partition coefficient (Wildman–Crippen LogP) is 6.31. The van der Waals surface area contributed by atoms with Crippen molar-refractivity contribution in [2.75, 3.05) is 17.7 Å². The quantitative estimate of drug-likeness (QED) is 0.163. The molecular weight excluding hydrogens is 508 g/mol. The second-order valence-electron chi connectivity index (χ2n) is 8.77. The number of ether oxygens (including phenoxy) is 2. The van der Waals surface area contributed by atoms with E-state index in [1.807, 2.05) is 37.5 Å². The highest BCUT2D eigenvalue weighted by molar-refractivity contribution is 7.99. The number of aryl methyl sites for hydroxylation is 1. The van der Waals surface area contributed by atoms with Gasteiger partial charge in [-0.1, -0.05) is 43.8 Å². The normalized spacial score (nSPS) is 11.9. The van der Waals surface area contributed by atoms with Crippen molar-refractivity contribution >= 4 is 40.0 Å². The molecule has 0 radical (unpaired) electrons. The Bertz CT molecular complexity index is 1250. The van der Waals surface area contributed by atoms with E-state index in [1.165, 1.54) is 28.7 Å². The van der Waals surface area contributed by atoms with Crippen LogP contribution in [0.5, 0.6) is 5.75 Å². The number of carbonyl (C=O) groups excluding carboxylic acids is 2. The Kier molecular flexibility index (Phi) is 9.93. The Morgan fingerprint density at radius 1 is 1.19 bits per heavy atom. The van der Waals surface area contributed by atoms with Crippen LogP contribution in [0.4, 0.5) is 5.00 Å². The Morgan fingerprint density at radius 3 is 2.51 bits per heavy atom. The van der Waals surface area contributed by atoms with Gasteiger partial charge in [-0.15, -0.1) is 28.1 Å². The van der Waals surface area contributed by atoms with Crippen molar-refractivity contribution in [1.29, 1.82) is 0 Å². The number of hydrogen-bond donors (Lipinski definition) is 1. The lowest BCUT2D eigenvalue weighted by atomic mass is 10.0. The maximum absolute atomic E-state index is 12.8. The molecule has 2 heterocycles. The molecule has 0 aliphatic carbocycles. The van der Waals surface area contributed by atoms with E-state index in [-0.39, 0.29) is 24.4 Å². The molecule has 198 valence electrons. The summed E-state index contributed by atoms with van der Waals surface area (Å²) in [6.07, 6.45) is 1.40. The average Bonchev–Trinajstić information content (AvgIpc) is 3.38. The van der Waals surface area contributed by atoms with Gasteiger partial charge in [-0.3, -0.25) is 9.36 Å². The van der Waals surface area contributed by atoms with Crippen LogP contribution in [0, 0.1) is 13.8 Å². The number of esters is 1. The van der Waals surface area contributed by atoms with Crippen molar-refractivity contribution < 1.29 is 19.1 Å². The fourth-order valence-corrected chi connectivity index (χ4v) is 5.47. The molecule has 2 aromatic heterocycles. The number of anilines is 1. The lowest BCUT2D eigenvalue weighted by Crippen LogP contribution is -2.17. The summed E-state index contributed by atoms with van der Waals surface area (Å²) < 4.78 is 13.2. The van der Waals surface area contributed by atoms with Crippen LogP contribution in [0.15, 0.2) is 42.1 Å². The molecule has 1 unspecified atom stereocenters. The third kappa shape index (κ3) is 7.01. The number of carbonyl (C=O) groups is 2. The van der Waals surface area contributed by atoms with Crippen LogP contribution >= 0.6 is 23.1 Å². The maximum Gasteiger partial charge on any atom is 0.341 e. The van der Waals surface area contributed by atoms with Gasteiger partial charge in [-0.25, -0.2) is 4.79 Å². The molecule has 3 rings (SSSR count). The van der Waals surface area contributed by atoms with Crippen molar-refractivity contribution in [2.45, 2.75) is 65.3 Å². The van der Waals surface area contributed by atoms with Gasteiger partial charge in [0.1, 0.15) is 10.8 Å².